The summed E-state index contributed by atoms with van der Waals surface area (Å²) in [5.74, 6) is -1.66. The van der Waals surface area contributed by atoms with Gasteiger partial charge < -0.3 is 0 Å². The zero-order valence-electron chi connectivity index (χ0n) is 5.89. The normalized spacial score (nSPS) is 19.1. The van der Waals surface area contributed by atoms with Crippen LogP contribution in [0.5, 0.6) is 0 Å². The van der Waals surface area contributed by atoms with Gasteiger partial charge in [0.15, 0.2) is 0 Å². The first-order chi connectivity index (χ1) is 5.40. The summed E-state index contributed by atoms with van der Waals surface area (Å²) in [7, 11) is 0. The molecule has 0 atom stereocenters. The van der Waals surface area contributed by atoms with Crippen LogP contribution in [0.25, 0.3) is 0 Å². The number of hydrogen-bond donors (Lipinski definition) is 0. The molecule has 0 aromatic carbocycles. The average molecular weight is 180 g/mol. The molecule has 0 bridgehead atoms. The topological polar surface area (TPSA) is 37.4 Å². The smallest absolute Gasteiger partial charge is 0.274 e. The maximum absolute atomic E-state index is 11.7. The Labute approximate surface area is 66.1 Å². The van der Waals surface area contributed by atoms with Gasteiger partial charge in [-0.1, -0.05) is 0 Å². The molecule has 0 N–H and O–H groups in total. The van der Waals surface area contributed by atoms with E-state index in [0.717, 1.165) is 6.42 Å². The molecule has 1 aliphatic heterocycles. The van der Waals surface area contributed by atoms with Crippen molar-refractivity contribution >= 4 is 11.8 Å². The Bertz CT molecular complexity index is 207. The van der Waals surface area contributed by atoms with Gasteiger partial charge in [0.05, 0.1) is 6.42 Å². The van der Waals surface area contributed by atoms with Crippen LogP contribution in [-0.4, -0.2) is 29.4 Å². The number of imide groups is 1. The van der Waals surface area contributed by atoms with Gasteiger partial charge in [-0.3, -0.25) is 14.5 Å². The number of amides is 2. The lowest BCUT2D eigenvalue weighted by Crippen LogP contribution is -2.37. The second-order valence-electron chi connectivity index (χ2n) is 2.34. The SMILES string of the molecule is O=C1[CH]CC(=O)N1CC(F)(F)F. The lowest BCUT2D eigenvalue weighted by molar-refractivity contribution is -0.164. The number of rotatable bonds is 1. The third-order valence-corrected chi connectivity index (χ3v) is 1.36. The van der Waals surface area contributed by atoms with Gasteiger partial charge in [0, 0.05) is 6.42 Å². The third kappa shape index (κ3) is 1.96. The minimum absolute atomic E-state index is 0.194. The highest BCUT2D eigenvalue weighted by Gasteiger charge is 2.39. The average Bonchev–Trinajstić information content (AvgIpc) is 2.16. The molecule has 3 nitrogen and oxygen atoms in total. The van der Waals surface area contributed by atoms with Crippen molar-refractivity contribution in [3.63, 3.8) is 0 Å². The Balaban J connectivity index is 2.62. The number of carbonyl (C=O) groups excluding carboxylic acids is 2. The highest BCUT2D eigenvalue weighted by molar-refractivity contribution is 6.07. The molecule has 1 radical (unpaired) electrons. The first kappa shape index (κ1) is 9.02. The molecule has 12 heavy (non-hydrogen) atoms. The van der Waals surface area contributed by atoms with Gasteiger partial charge in [-0.25, -0.2) is 0 Å². The van der Waals surface area contributed by atoms with Crippen molar-refractivity contribution in [2.24, 2.45) is 0 Å². The summed E-state index contributed by atoms with van der Waals surface area (Å²) in [6.45, 7) is -1.48. The molecule has 0 aromatic heterocycles. The van der Waals surface area contributed by atoms with Crippen molar-refractivity contribution in [1.82, 2.24) is 4.90 Å². The zero-order chi connectivity index (χ0) is 9.35. The molecule has 6 heteroatoms. The van der Waals surface area contributed by atoms with E-state index in [1.807, 2.05) is 0 Å². The molecule has 1 aliphatic rings. The predicted molar refractivity (Wildman–Crippen MR) is 31.7 cm³/mol. The van der Waals surface area contributed by atoms with Crippen molar-refractivity contribution in [3.8, 4) is 0 Å². The molecule has 0 aromatic rings. The number of alkyl halides is 3. The van der Waals surface area contributed by atoms with Gasteiger partial charge in [-0.05, 0) is 0 Å². The van der Waals surface area contributed by atoms with Crippen LogP contribution in [0.15, 0.2) is 0 Å². The fourth-order valence-electron chi connectivity index (χ4n) is 0.863. The van der Waals surface area contributed by atoms with Crippen molar-refractivity contribution in [1.29, 1.82) is 0 Å². The van der Waals surface area contributed by atoms with E-state index in [1.165, 1.54) is 0 Å². The predicted octanol–water partition coefficient (Wildman–Crippen LogP) is 0.512. The number of halogens is 3. The van der Waals surface area contributed by atoms with E-state index in [4.69, 9.17) is 0 Å². The van der Waals surface area contributed by atoms with E-state index in [9.17, 15) is 22.8 Å². The summed E-state index contributed by atoms with van der Waals surface area (Å²) in [4.78, 5) is 21.4. The van der Waals surface area contributed by atoms with Crippen LogP contribution in [0, 0.1) is 6.42 Å². The van der Waals surface area contributed by atoms with Gasteiger partial charge in [0.2, 0.25) is 11.8 Å². The standard InChI is InChI=1S/C6H5F3NO2/c7-6(8,9)3-10-4(11)1-2-5(10)12/h1H,2-3H2. The summed E-state index contributed by atoms with van der Waals surface area (Å²) in [5.41, 5.74) is 0. The number of carbonyl (C=O) groups is 2. The van der Waals surface area contributed by atoms with Gasteiger partial charge in [-0.15, -0.1) is 0 Å². The van der Waals surface area contributed by atoms with E-state index < -0.39 is 24.5 Å². The first-order valence-electron chi connectivity index (χ1n) is 3.14. The Hall–Kier alpha value is -1.07. The molecule has 2 amide bonds. The number of nitrogens with zero attached hydrogens (tertiary/aromatic N) is 1. The largest absolute Gasteiger partial charge is 0.406 e. The third-order valence-electron chi connectivity index (χ3n) is 1.36. The quantitative estimate of drug-likeness (QED) is 0.551. The minimum Gasteiger partial charge on any atom is -0.274 e. The summed E-state index contributed by atoms with van der Waals surface area (Å²) < 4.78 is 35.1. The van der Waals surface area contributed by atoms with E-state index in [-0.39, 0.29) is 11.3 Å². The molecule has 0 aliphatic carbocycles. The molecule has 0 saturated carbocycles. The van der Waals surface area contributed by atoms with Crippen LogP contribution in [0.3, 0.4) is 0 Å². The number of hydrogen-bond acceptors (Lipinski definition) is 2. The fraction of sp³-hybridized carbons (Fsp3) is 0.500. The Morgan fingerprint density at radius 1 is 1.42 bits per heavy atom. The molecule has 1 saturated heterocycles. The fourth-order valence-corrected chi connectivity index (χ4v) is 0.863. The van der Waals surface area contributed by atoms with Crippen molar-refractivity contribution in [3.05, 3.63) is 6.42 Å². The summed E-state index contributed by atoms with van der Waals surface area (Å²) >= 11 is 0. The van der Waals surface area contributed by atoms with E-state index in [2.05, 4.69) is 0 Å². The van der Waals surface area contributed by atoms with Crippen molar-refractivity contribution in [2.75, 3.05) is 6.54 Å². The maximum Gasteiger partial charge on any atom is 0.406 e. The molecule has 1 heterocycles. The summed E-state index contributed by atoms with van der Waals surface area (Å²) in [6.07, 6.45) is -3.80. The van der Waals surface area contributed by atoms with E-state index in [0.29, 0.717) is 0 Å². The Morgan fingerprint density at radius 2 is 2.00 bits per heavy atom. The molecule has 1 fully saturated rings. The monoisotopic (exact) mass is 180 g/mol. The van der Waals surface area contributed by atoms with Crippen LogP contribution in [0.4, 0.5) is 13.2 Å². The van der Waals surface area contributed by atoms with Crippen molar-refractivity contribution in [2.45, 2.75) is 12.6 Å². The molecule has 0 unspecified atom stereocenters. The second kappa shape index (κ2) is 2.76. The lowest BCUT2D eigenvalue weighted by Gasteiger charge is -2.15. The Morgan fingerprint density at radius 3 is 2.33 bits per heavy atom. The van der Waals surface area contributed by atoms with Gasteiger partial charge >= 0.3 is 6.18 Å². The molecule has 67 valence electrons. The number of likely N-dealkylation sites (tertiary alicyclic amines) is 1. The van der Waals surface area contributed by atoms with Crippen LogP contribution >= 0.6 is 0 Å². The summed E-state index contributed by atoms with van der Waals surface area (Å²) in [5, 5.41) is 0. The van der Waals surface area contributed by atoms with Crippen LogP contribution in [-0.2, 0) is 9.59 Å². The maximum atomic E-state index is 11.7. The molecule has 1 rings (SSSR count). The first-order valence-corrected chi connectivity index (χ1v) is 3.14. The van der Waals surface area contributed by atoms with Crippen molar-refractivity contribution < 1.29 is 22.8 Å². The highest BCUT2D eigenvalue weighted by Crippen LogP contribution is 2.20. The van der Waals surface area contributed by atoms with E-state index in [1.54, 1.807) is 0 Å². The summed E-state index contributed by atoms with van der Waals surface area (Å²) in [6, 6.07) is 0. The van der Waals surface area contributed by atoms with Crippen LogP contribution in [0.1, 0.15) is 6.42 Å². The molecular weight excluding hydrogens is 175 g/mol. The van der Waals surface area contributed by atoms with Crippen LogP contribution in [0.2, 0.25) is 0 Å². The molecule has 0 spiro atoms. The zero-order valence-corrected chi connectivity index (χ0v) is 5.89. The van der Waals surface area contributed by atoms with Gasteiger partial charge in [-0.2, -0.15) is 13.2 Å². The molecular formula is C6H5F3NO2. The van der Waals surface area contributed by atoms with E-state index >= 15 is 0 Å². The van der Waals surface area contributed by atoms with Gasteiger partial charge in [0.25, 0.3) is 0 Å². The van der Waals surface area contributed by atoms with Gasteiger partial charge in [0.1, 0.15) is 6.54 Å². The highest BCUT2D eigenvalue weighted by atomic mass is 19.4. The van der Waals surface area contributed by atoms with Crippen LogP contribution < -0.4 is 0 Å². The lowest BCUT2D eigenvalue weighted by atomic mass is 10.4. The second-order valence-corrected chi connectivity index (χ2v) is 2.34. The minimum atomic E-state index is -4.51. The Kier molecular flexibility index (Phi) is 2.08.